The summed E-state index contributed by atoms with van der Waals surface area (Å²) in [5, 5.41) is 12.1. The number of hydrogen-bond acceptors (Lipinski definition) is 5. The molecule has 3 aromatic rings. The second kappa shape index (κ2) is 8.10. The second-order valence-corrected chi connectivity index (χ2v) is 6.99. The van der Waals surface area contributed by atoms with E-state index >= 15 is 0 Å². The van der Waals surface area contributed by atoms with E-state index in [1.807, 2.05) is 6.07 Å². The number of carboxylic acid groups (broad SMARTS) is 1. The summed E-state index contributed by atoms with van der Waals surface area (Å²) in [5.74, 6) is 0.395. The van der Waals surface area contributed by atoms with Gasteiger partial charge in [-0.25, -0.2) is 4.79 Å². The third-order valence-corrected chi connectivity index (χ3v) is 4.92. The van der Waals surface area contributed by atoms with Crippen molar-refractivity contribution in [3.8, 4) is 11.3 Å². The van der Waals surface area contributed by atoms with Gasteiger partial charge in [0.2, 0.25) is 0 Å². The molecule has 2 N–H and O–H groups in total. The number of hydrogen-bond donors (Lipinski definition) is 2. The molecule has 8 nitrogen and oxygen atoms in total. The van der Waals surface area contributed by atoms with Gasteiger partial charge in [-0.05, 0) is 30.3 Å². The quantitative estimate of drug-likeness (QED) is 0.676. The molecule has 0 unspecified atom stereocenters. The average Bonchev–Trinajstić information content (AvgIpc) is 3.16. The number of rotatable bonds is 4. The monoisotopic (exact) mass is 415 g/mol. The zero-order valence-corrected chi connectivity index (χ0v) is 16.1. The highest BCUT2D eigenvalue weighted by Crippen LogP contribution is 2.32. The predicted molar refractivity (Wildman–Crippen MR) is 106 cm³/mol. The third-order valence-electron chi connectivity index (χ3n) is 4.64. The summed E-state index contributed by atoms with van der Waals surface area (Å²) in [6.45, 7) is 2.29. The molecule has 150 valence electrons. The Morgan fingerprint density at radius 2 is 2.00 bits per heavy atom. The third kappa shape index (κ3) is 4.18. The van der Waals surface area contributed by atoms with Crippen LogP contribution in [-0.2, 0) is 11.3 Å². The summed E-state index contributed by atoms with van der Waals surface area (Å²) in [4.78, 5) is 29.4. The minimum atomic E-state index is -1.13. The van der Waals surface area contributed by atoms with Crippen LogP contribution in [0.4, 0.5) is 4.79 Å². The van der Waals surface area contributed by atoms with Crippen LogP contribution in [0.25, 0.3) is 22.2 Å². The van der Waals surface area contributed by atoms with Gasteiger partial charge in [-0.1, -0.05) is 11.6 Å². The van der Waals surface area contributed by atoms with Crippen molar-refractivity contribution in [3.05, 3.63) is 52.9 Å². The number of ether oxygens (including phenoxy) is 1. The van der Waals surface area contributed by atoms with Crippen molar-refractivity contribution >= 4 is 34.6 Å². The number of halogens is 1. The van der Waals surface area contributed by atoms with Crippen LogP contribution in [0.15, 0.2) is 40.9 Å². The largest absolute Gasteiger partial charge is 0.465 e. The zero-order valence-electron chi connectivity index (χ0n) is 15.4. The number of carbonyl (C=O) groups is 2. The highest BCUT2D eigenvalue weighted by Gasteiger charge is 2.19. The topological polar surface area (TPSA) is 105 Å². The molecule has 0 spiro atoms. The van der Waals surface area contributed by atoms with E-state index in [9.17, 15) is 9.59 Å². The van der Waals surface area contributed by atoms with E-state index in [-0.39, 0.29) is 12.5 Å². The van der Waals surface area contributed by atoms with Crippen molar-refractivity contribution in [1.29, 1.82) is 0 Å². The molecular formula is C20H18ClN3O5. The van der Waals surface area contributed by atoms with Crippen molar-refractivity contribution in [1.82, 2.24) is 15.2 Å². The van der Waals surface area contributed by atoms with E-state index in [0.717, 1.165) is 10.9 Å². The van der Waals surface area contributed by atoms with E-state index in [0.29, 0.717) is 53.9 Å². The Hall–Kier alpha value is -3.10. The molecule has 29 heavy (non-hydrogen) atoms. The minimum absolute atomic E-state index is 0.0479. The summed E-state index contributed by atoms with van der Waals surface area (Å²) in [7, 11) is 0. The van der Waals surface area contributed by atoms with Gasteiger partial charge in [-0.2, -0.15) is 0 Å². The Morgan fingerprint density at radius 1 is 1.21 bits per heavy atom. The van der Waals surface area contributed by atoms with Gasteiger partial charge < -0.3 is 24.5 Å². The Morgan fingerprint density at radius 3 is 2.69 bits per heavy atom. The van der Waals surface area contributed by atoms with Gasteiger partial charge in [0.15, 0.2) is 5.58 Å². The van der Waals surface area contributed by atoms with Crippen molar-refractivity contribution in [3.63, 3.8) is 0 Å². The smallest absolute Gasteiger partial charge is 0.405 e. The molecule has 3 heterocycles. The molecule has 1 saturated heterocycles. The maximum absolute atomic E-state index is 12.5. The summed E-state index contributed by atoms with van der Waals surface area (Å²) in [5.41, 5.74) is 2.44. The van der Waals surface area contributed by atoms with Crippen LogP contribution in [0.2, 0.25) is 5.02 Å². The average molecular weight is 416 g/mol. The second-order valence-electron chi connectivity index (χ2n) is 6.58. The Bertz CT molecular complexity index is 1060. The first-order valence-electron chi connectivity index (χ1n) is 9.03. The van der Waals surface area contributed by atoms with Gasteiger partial charge in [0, 0.05) is 30.2 Å². The Labute approximate surface area is 171 Å². The summed E-state index contributed by atoms with van der Waals surface area (Å²) in [6, 6.07) is 8.85. The van der Waals surface area contributed by atoms with Crippen LogP contribution in [0.1, 0.15) is 16.1 Å². The summed E-state index contributed by atoms with van der Waals surface area (Å²) >= 11 is 6.34. The van der Waals surface area contributed by atoms with Crippen molar-refractivity contribution in [2.24, 2.45) is 0 Å². The molecule has 2 amide bonds. The molecule has 4 rings (SSSR count). The zero-order chi connectivity index (χ0) is 20.4. The summed E-state index contributed by atoms with van der Waals surface area (Å²) in [6.07, 6.45) is 0.427. The number of carbonyl (C=O) groups excluding carboxylic acids is 1. The standard InChI is InChI=1S/C20H18ClN3O5/c21-16-9-13(7-14-8-15(29-18(14)16)11-23-20(26)27)17-2-1-12(10-22-17)19(25)24-3-5-28-6-4-24/h1-2,7-10,23H,3-6,11H2,(H,26,27). The molecule has 9 heteroatoms. The molecule has 1 fully saturated rings. The number of amides is 2. The lowest BCUT2D eigenvalue weighted by molar-refractivity contribution is 0.0302. The van der Waals surface area contributed by atoms with Crippen LogP contribution in [-0.4, -0.2) is 53.3 Å². The predicted octanol–water partition coefficient (Wildman–Crippen LogP) is 3.39. The molecule has 1 aliphatic rings. The van der Waals surface area contributed by atoms with E-state index in [1.165, 1.54) is 0 Å². The minimum Gasteiger partial charge on any atom is -0.465 e. The van der Waals surface area contributed by atoms with Crippen molar-refractivity contribution < 1.29 is 23.8 Å². The molecule has 1 aliphatic heterocycles. The van der Waals surface area contributed by atoms with Crippen molar-refractivity contribution in [2.45, 2.75) is 6.54 Å². The molecule has 0 atom stereocenters. The highest BCUT2D eigenvalue weighted by molar-refractivity contribution is 6.35. The number of fused-ring (bicyclic) bond motifs is 1. The first-order valence-corrected chi connectivity index (χ1v) is 9.41. The van der Waals surface area contributed by atoms with E-state index in [1.54, 1.807) is 35.4 Å². The first kappa shape index (κ1) is 19.2. The number of nitrogens with zero attached hydrogens (tertiary/aromatic N) is 2. The molecule has 0 saturated carbocycles. The van der Waals surface area contributed by atoms with Crippen LogP contribution < -0.4 is 5.32 Å². The lowest BCUT2D eigenvalue weighted by atomic mass is 10.1. The normalized spacial score (nSPS) is 14.2. The number of aromatic nitrogens is 1. The lowest BCUT2D eigenvalue weighted by Gasteiger charge is -2.26. The fourth-order valence-electron chi connectivity index (χ4n) is 3.20. The number of pyridine rings is 1. The van der Waals surface area contributed by atoms with Gasteiger partial charge in [-0.15, -0.1) is 0 Å². The fraction of sp³-hybridized carbons (Fsp3) is 0.250. The number of morpholine rings is 1. The van der Waals surface area contributed by atoms with Gasteiger partial charge in [0.1, 0.15) is 5.76 Å². The van der Waals surface area contributed by atoms with Gasteiger partial charge in [0.25, 0.3) is 5.91 Å². The molecular weight excluding hydrogens is 398 g/mol. The molecule has 0 aliphatic carbocycles. The molecule has 0 radical (unpaired) electrons. The Balaban J connectivity index is 1.57. The number of furan rings is 1. The molecule has 1 aromatic carbocycles. The van der Waals surface area contributed by atoms with E-state index in [2.05, 4.69) is 10.3 Å². The van der Waals surface area contributed by atoms with Crippen LogP contribution in [0.3, 0.4) is 0 Å². The fourth-order valence-corrected chi connectivity index (χ4v) is 3.47. The summed E-state index contributed by atoms with van der Waals surface area (Å²) < 4.78 is 10.9. The first-order chi connectivity index (χ1) is 14.0. The number of benzene rings is 1. The SMILES string of the molecule is O=C(O)NCc1cc2cc(-c3ccc(C(=O)N4CCOCC4)cn3)cc(Cl)c2o1. The van der Waals surface area contributed by atoms with Gasteiger partial charge in [-0.3, -0.25) is 9.78 Å². The molecule has 2 aromatic heterocycles. The maximum atomic E-state index is 12.5. The maximum Gasteiger partial charge on any atom is 0.405 e. The Kier molecular flexibility index (Phi) is 5.37. The molecule has 0 bridgehead atoms. The van der Waals surface area contributed by atoms with Crippen molar-refractivity contribution in [2.75, 3.05) is 26.3 Å². The van der Waals surface area contributed by atoms with Gasteiger partial charge in [0.05, 0.1) is 36.0 Å². The van der Waals surface area contributed by atoms with E-state index in [4.69, 9.17) is 25.9 Å². The van der Waals surface area contributed by atoms with Crippen LogP contribution in [0.5, 0.6) is 0 Å². The van der Waals surface area contributed by atoms with Crippen LogP contribution >= 0.6 is 11.6 Å². The highest BCUT2D eigenvalue weighted by atomic mass is 35.5. The lowest BCUT2D eigenvalue weighted by Crippen LogP contribution is -2.40. The van der Waals surface area contributed by atoms with E-state index < -0.39 is 6.09 Å². The van der Waals surface area contributed by atoms with Crippen LogP contribution in [0, 0.1) is 0 Å². The van der Waals surface area contributed by atoms with Gasteiger partial charge >= 0.3 is 6.09 Å². The number of nitrogens with one attached hydrogen (secondary N) is 1.